The Hall–Kier alpha value is -5.84. The monoisotopic (exact) mass is 927 g/mol. The van der Waals surface area contributed by atoms with Gasteiger partial charge in [0.2, 0.25) is 11.8 Å². The lowest BCUT2D eigenvalue weighted by molar-refractivity contribution is -0.190. The molecule has 67 heavy (non-hydrogen) atoms. The maximum Gasteiger partial charge on any atom is 0.415 e. The van der Waals surface area contributed by atoms with Crippen LogP contribution in [0.2, 0.25) is 0 Å². The van der Waals surface area contributed by atoms with Crippen molar-refractivity contribution in [1.82, 2.24) is 24.3 Å². The number of carbonyl (C=O) groups is 6. The average Bonchev–Trinajstić information content (AvgIpc) is 3.65. The number of likely N-dealkylation sites (tertiary alicyclic amines) is 1. The molecule has 4 aliphatic heterocycles. The van der Waals surface area contributed by atoms with Gasteiger partial charge in [-0.1, -0.05) is 26.7 Å². The fourth-order valence-corrected chi connectivity index (χ4v) is 9.52. The molecule has 6 heterocycles. The van der Waals surface area contributed by atoms with Crippen LogP contribution in [0.4, 0.5) is 4.79 Å². The molecule has 4 aliphatic rings. The molecule has 0 unspecified atom stereocenters. The Morgan fingerprint density at radius 3 is 1.88 bits per heavy atom. The second-order valence-corrected chi connectivity index (χ2v) is 20.2. The zero-order valence-electron chi connectivity index (χ0n) is 40.2. The first kappa shape index (κ1) is 49.1. The number of esters is 3. The van der Waals surface area contributed by atoms with Gasteiger partial charge in [-0.25, -0.2) is 14.6 Å². The number of ether oxygens (including phenoxy) is 4. The molecule has 1 atom stereocenters. The fourth-order valence-electron chi connectivity index (χ4n) is 9.52. The number of aryl methyl sites for hydroxylation is 1. The van der Waals surface area contributed by atoms with Crippen molar-refractivity contribution >= 4 is 46.7 Å². The topological polar surface area (TPSA) is 204 Å². The summed E-state index contributed by atoms with van der Waals surface area (Å²) in [6.07, 6.45) is 3.99. The number of piperazine rings is 1. The number of cyclic esters (lactones) is 1. The van der Waals surface area contributed by atoms with E-state index in [-0.39, 0.29) is 74.0 Å². The maximum absolute atomic E-state index is 13.7. The summed E-state index contributed by atoms with van der Waals surface area (Å²) in [6.45, 7) is 16.1. The number of hydrogen-bond acceptors (Lipinski definition) is 13. The molecule has 2 aromatic heterocycles. The molecule has 7 rings (SSSR count). The Balaban J connectivity index is 0.855. The lowest BCUT2D eigenvalue weighted by atomic mass is 9.77. The highest BCUT2D eigenvalue weighted by Gasteiger charge is 2.53. The van der Waals surface area contributed by atoms with E-state index in [2.05, 4.69) is 0 Å². The van der Waals surface area contributed by atoms with Gasteiger partial charge in [-0.3, -0.25) is 24.0 Å². The average molecular weight is 928 g/mol. The summed E-state index contributed by atoms with van der Waals surface area (Å²) >= 11 is 0. The molecule has 0 spiro atoms. The third-order valence-corrected chi connectivity index (χ3v) is 13.3. The minimum atomic E-state index is -1.92. The number of piperidine rings is 1. The summed E-state index contributed by atoms with van der Waals surface area (Å²) in [5.41, 5.74) is -1.20. The van der Waals surface area contributed by atoms with Gasteiger partial charge in [-0.05, 0) is 110 Å². The highest BCUT2D eigenvalue weighted by molar-refractivity contribution is 6.01. The summed E-state index contributed by atoms with van der Waals surface area (Å²) in [5, 5.41) is 12.0. The number of aromatic nitrogens is 2. The fraction of sp³-hybridized carbons (Fsp3) is 0.600. The van der Waals surface area contributed by atoms with Gasteiger partial charge in [0.25, 0.3) is 5.56 Å². The van der Waals surface area contributed by atoms with Crippen molar-refractivity contribution < 1.29 is 52.8 Å². The van der Waals surface area contributed by atoms with Crippen LogP contribution in [0.15, 0.2) is 29.1 Å². The van der Waals surface area contributed by atoms with Crippen molar-refractivity contribution in [2.24, 2.45) is 5.41 Å². The van der Waals surface area contributed by atoms with Gasteiger partial charge in [0.15, 0.2) is 11.0 Å². The third kappa shape index (κ3) is 10.1. The number of fused-ring (bicyclic) bond motifs is 5. The molecule has 0 aliphatic carbocycles. The predicted octanol–water partition coefficient (Wildman–Crippen LogP) is 5.92. The number of amides is 3. The zero-order chi connectivity index (χ0) is 48.6. The molecule has 0 radical (unpaired) electrons. The van der Waals surface area contributed by atoms with Crippen LogP contribution in [0, 0.1) is 5.41 Å². The van der Waals surface area contributed by atoms with Gasteiger partial charge in [-0.2, -0.15) is 0 Å². The lowest BCUT2D eigenvalue weighted by Crippen LogP contribution is -2.53. The summed E-state index contributed by atoms with van der Waals surface area (Å²) in [4.78, 5) is 103. The Kier molecular flexibility index (Phi) is 13.9. The van der Waals surface area contributed by atoms with E-state index in [0.717, 1.165) is 29.4 Å². The number of benzene rings is 1. The van der Waals surface area contributed by atoms with Crippen molar-refractivity contribution in [2.75, 3.05) is 39.3 Å². The molecule has 2 fully saturated rings. The van der Waals surface area contributed by atoms with Crippen molar-refractivity contribution in [2.45, 2.75) is 150 Å². The number of nitrogens with zero attached hydrogens (tertiary/aromatic N) is 5. The smallest absolute Gasteiger partial charge is 0.415 e. The minimum Gasteiger partial charge on any atom is -0.459 e. The van der Waals surface area contributed by atoms with E-state index in [1.807, 2.05) is 6.92 Å². The third-order valence-electron chi connectivity index (χ3n) is 13.3. The molecule has 17 nitrogen and oxygen atoms in total. The van der Waals surface area contributed by atoms with Gasteiger partial charge in [-0.15, -0.1) is 0 Å². The molecule has 0 bridgehead atoms. The van der Waals surface area contributed by atoms with Crippen molar-refractivity contribution in [3.63, 3.8) is 0 Å². The Labute approximate surface area is 391 Å². The molecule has 2 saturated heterocycles. The van der Waals surface area contributed by atoms with Crippen molar-refractivity contribution in [3.8, 4) is 17.1 Å². The normalized spacial score (nSPS) is 19.0. The number of unbranched alkanes of at least 4 members (excludes halogenated alkanes) is 3. The first-order valence-electron chi connectivity index (χ1n) is 23.7. The Bertz CT molecular complexity index is 2490. The van der Waals surface area contributed by atoms with E-state index in [1.54, 1.807) is 92.0 Å². The molecule has 1 aromatic carbocycles. The first-order chi connectivity index (χ1) is 31.6. The highest BCUT2D eigenvalue weighted by atomic mass is 16.6. The molecule has 1 N–H and O–H groups in total. The largest absolute Gasteiger partial charge is 0.459 e. The van der Waals surface area contributed by atoms with E-state index in [1.165, 1.54) is 0 Å². The van der Waals surface area contributed by atoms with E-state index < -0.39 is 46.2 Å². The molecular weight excluding hydrogens is 863 g/mol. The van der Waals surface area contributed by atoms with E-state index in [0.29, 0.717) is 80.9 Å². The Morgan fingerprint density at radius 1 is 0.761 bits per heavy atom. The second kappa shape index (κ2) is 19.0. The van der Waals surface area contributed by atoms with E-state index in [4.69, 9.17) is 23.9 Å². The SMILES string of the molecule is CCc1c2c(nc3ccc(OC(=O)N4CCN(C(=O)CCCCCCC(=O)N5CCC(C(=O)OC(C)(C)C)(C(=O)OC(C)(C)C)CC5)CC4)cc13)-c1cc3c(c(=O)n1C2)COC(=O)[C@]3(O)CC. The number of rotatable bonds is 12. The van der Waals surface area contributed by atoms with Gasteiger partial charge in [0, 0.05) is 68.6 Å². The zero-order valence-corrected chi connectivity index (χ0v) is 40.2. The summed E-state index contributed by atoms with van der Waals surface area (Å²) in [6, 6.07) is 6.92. The second-order valence-electron chi connectivity index (χ2n) is 20.2. The van der Waals surface area contributed by atoms with Crippen LogP contribution in [0.3, 0.4) is 0 Å². The molecule has 3 aromatic rings. The van der Waals surface area contributed by atoms with E-state index in [9.17, 15) is 38.7 Å². The minimum absolute atomic E-state index is 0.0185. The van der Waals surface area contributed by atoms with Crippen LogP contribution in [0.5, 0.6) is 5.75 Å². The molecule has 0 saturated carbocycles. The van der Waals surface area contributed by atoms with Gasteiger partial charge >= 0.3 is 24.0 Å². The number of pyridine rings is 2. The van der Waals surface area contributed by atoms with Crippen LogP contribution < -0.4 is 10.3 Å². The van der Waals surface area contributed by atoms with Gasteiger partial charge < -0.3 is 43.3 Å². The quantitative estimate of drug-likeness (QED) is 0.0760. The van der Waals surface area contributed by atoms with Gasteiger partial charge in [0.05, 0.1) is 29.0 Å². The lowest BCUT2D eigenvalue weighted by Gasteiger charge is -2.40. The molecule has 362 valence electrons. The molecule has 17 heteroatoms. The number of carbonyl (C=O) groups excluding carboxylic acids is 6. The standard InChI is InChI=1S/C50H65N5O12/c1-9-32-33-27-31(17-18-37(33)51-41-34(32)29-55-38(41)28-36-35(42(55)58)30-64-45(61)50(36,63)10-2)65-46(62)54-25-23-53(24-26-54)40(57)16-14-12-11-13-15-39(56)52-21-19-49(20-22-52,43(59)66-47(3,4)5)44(60)67-48(6,7)8/h17-18,27-28,63H,9-16,19-26,29-30H2,1-8H3/t50-/m0/s1. The van der Waals surface area contributed by atoms with Crippen LogP contribution in [0.25, 0.3) is 22.3 Å². The first-order valence-corrected chi connectivity index (χ1v) is 23.7. The molecular formula is C50H65N5O12. The summed E-state index contributed by atoms with van der Waals surface area (Å²) < 4.78 is 24.0. The van der Waals surface area contributed by atoms with Gasteiger partial charge in [0.1, 0.15) is 23.6 Å². The number of aliphatic hydroxyl groups is 1. The predicted molar refractivity (Wildman–Crippen MR) is 246 cm³/mol. The van der Waals surface area contributed by atoms with Crippen LogP contribution in [-0.2, 0) is 63.4 Å². The summed E-state index contributed by atoms with van der Waals surface area (Å²) in [7, 11) is 0. The van der Waals surface area contributed by atoms with Crippen LogP contribution >= 0.6 is 0 Å². The van der Waals surface area contributed by atoms with E-state index >= 15 is 0 Å². The highest BCUT2D eigenvalue weighted by Crippen LogP contribution is 2.41. The molecule has 3 amide bonds. The number of hydrogen-bond donors (Lipinski definition) is 1. The van der Waals surface area contributed by atoms with Crippen LogP contribution in [0.1, 0.15) is 135 Å². The summed E-state index contributed by atoms with van der Waals surface area (Å²) in [5.74, 6) is -1.69. The van der Waals surface area contributed by atoms with Crippen molar-refractivity contribution in [1.29, 1.82) is 0 Å². The van der Waals surface area contributed by atoms with Crippen molar-refractivity contribution in [3.05, 3.63) is 56.9 Å². The van der Waals surface area contributed by atoms with Crippen LogP contribution in [-0.4, -0.2) is 116 Å². The maximum atomic E-state index is 13.7. The Morgan fingerprint density at radius 2 is 1.33 bits per heavy atom.